The zero-order valence-electron chi connectivity index (χ0n) is 11.3. The van der Waals surface area contributed by atoms with Crippen LogP contribution in [0.25, 0.3) is 0 Å². The lowest BCUT2D eigenvalue weighted by atomic mass is 10.2. The molecule has 0 aliphatic rings. The van der Waals surface area contributed by atoms with Gasteiger partial charge in [0.1, 0.15) is 4.90 Å². The number of hydrogen-bond acceptors (Lipinski definition) is 3. The van der Waals surface area contributed by atoms with Crippen LogP contribution in [0.4, 0.5) is 0 Å². The monoisotopic (exact) mass is 373 g/mol. The van der Waals surface area contributed by atoms with E-state index in [4.69, 9.17) is 39.9 Å². The van der Waals surface area contributed by atoms with Crippen LogP contribution in [0.3, 0.4) is 0 Å². The van der Waals surface area contributed by atoms with Crippen molar-refractivity contribution < 1.29 is 18.3 Å². The fourth-order valence-corrected chi connectivity index (χ4v) is 5.10. The van der Waals surface area contributed by atoms with Crippen LogP contribution in [-0.4, -0.2) is 36.4 Å². The van der Waals surface area contributed by atoms with Crippen molar-refractivity contribution in [2.75, 3.05) is 6.54 Å². The normalized spacial score (nSPS) is 13.4. The maximum Gasteiger partial charge on any atom is 0.304 e. The van der Waals surface area contributed by atoms with Crippen LogP contribution < -0.4 is 0 Å². The molecule has 0 spiro atoms. The van der Waals surface area contributed by atoms with Crippen LogP contribution in [-0.2, 0) is 14.8 Å². The molecule has 1 aromatic carbocycles. The fraction of sp³-hybridized carbons (Fsp3) is 0.417. The van der Waals surface area contributed by atoms with E-state index in [2.05, 4.69) is 0 Å². The van der Waals surface area contributed by atoms with E-state index in [9.17, 15) is 13.2 Å². The van der Waals surface area contributed by atoms with Gasteiger partial charge in [-0.05, 0) is 19.1 Å². The second kappa shape index (κ2) is 7.15. The zero-order valence-corrected chi connectivity index (χ0v) is 14.4. The number of hydrogen-bond donors (Lipinski definition) is 1. The maximum atomic E-state index is 12.7. The summed E-state index contributed by atoms with van der Waals surface area (Å²) in [5, 5.41) is 8.83. The summed E-state index contributed by atoms with van der Waals surface area (Å²) in [6.45, 7) is 3.20. The number of benzene rings is 1. The van der Waals surface area contributed by atoms with Gasteiger partial charge in [0.2, 0.25) is 10.0 Å². The van der Waals surface area contributed by atoms with Crippen molar-refractivity contribution in [1.82, 2.24) is 4.31 Å². The Morgan fingerprint density at radius 2 is 1.76 bits per heavy atom. The second-order valence-electron chi connectivity index (χ2n) is 4.35. The average Bonchev–Trinajstić information content (AvgIpc) is 2.25. The Bertz CT molecular complexity index is 625. The van der Waals surface area contributed by atoms with Gasteiger partial charge < -0.3 is 5.11 Å². The minimum atomic E-state index is -4.03. The highest BCUT2D eigenvalue weighted by Crippen LogP contribution is 2.35. The molecule has 1 unspecified atom stereocenters. The molecule has 0 saturated carbocycles. The van der Waals surface area contributed by atoms with Gasteiger partial charge in [0, 0.05) is 17.6 Å². The van der Waals surface area contributed by atoms with Gasteiger partial charge in [-0.25, -0.2) is 8.42 Å². The summed E-state index contributed by atoms with van der Waals surface area (Å²) in [6.07, 6.45) is -0.324. The largest absolute Gasteiger partial charge is 0.481 e. The Morgan fingerprint density at radius 1 is 1.29 bits per heavy atom. The van der Waals surface area contributed by atoms with Crippen molar-refractivity contribution in [1.29, 1.82) is 0 Å². The van der Waals surface area contributed by atoms with Crippen LogP contribution >= 0.6 is 34.8 Å². The van der Waals surface area contributed by atoms with Crippen molar-refractivity contribution in [3.05, 3.63) is 27.2 Å². The number of carboxylic acids is 1. The summed E-state index contributed by atoms with van der Waals surface area (Å²) in [5.41, 5.74) is 0. The number of nitrogens with zero attached hydrogens (tertiary/aromatic N) is 1. The smallest absolute Gasteiger partial charge is 0.304 e. The molecular weight excluding hydrogens is 361 g/mol. The lowest BCUT2D eigenvalue weighted by molar-refractivity contribution is -0.137. The SMILES string of the molecule is CCN(C(C)CC(=O)O)S(=O)(=O)c1c(Cl)cc(Cl)cc1Cl. The van der Waals surface area contributed by atoms with Gasteiger partial charge in [0.15, 0.2) is 0 Å². The van der Waals surface area contributed by atoms with Crippen molar-refractivity contribution in [2.24, 2.45) is 0 Å². The number of rotatable bonds is 6. The Labute approximate surface area is 138 Å². The molecule has 1 N–H and O–H groups in total. The Hall–Kier alpha value is -0.530. The van der Waals surface area contributed by atoms with Gasteiger partial charge in [0.25, 0.3) is 0 Å². The quantitative estimate of drug-likeness (QED) is 0.826. The van der Waals surface area contributed by atoms with E-state index in [1.54, 1.807) is 6.92 Å². The van der Waals surface area contributed by atoms with Crippen molar-refractivity contribution in [3.63, 3.8) is 0 Å². The van der Waals surface area contributed by atoms with E-state index in [0.29, 0.717) is 0 Å². The van der Waals surface area contributed by atoms with E-state index in [-0.39, 0.29) is 32.9 Å². The molecule has 0 radical (unpaired) electrons. The van der Waals surface area contributed by atoms with Crippen LogP contribution in [0.1, 0.15) is 20.3 Å². The summed E-state index contributed by atoms with van der Waals surface area (Å²) >= 11 is 17.6. The number of sulfonamides is 1. The highest BCUT2D eigenvalue weighted by molar-refractivity contribution is 7.89. The Morgan fingerprint density at radius 3 is 2.14 bits per heavy atom. The Balaban J connectivity index is 3.35. The van der Waals surface area contributed by atoms with Crippen LogP contribution in [0.2, 0.25) is 15.1 Å². The van der Waals surface area contributed by atoms with Crippen LogP contribution in [0.5, 0.6) is 0 Å². The summed E-state index contributed by atoms with van der Waals surface area (Å²) in [6, 6.07) is 1.81. The standard InChI is InChI=1S/C12H14Cl3NO4S/c1-3-16(7(2)4-11(17)18)21(19,20)12-9(14)5-8(13)6-10(12)15/h5-7H,3-4H2,1-2H3,(H,17,18). The highest BCUT2D eigenvalue weighted by atomic mass is 35.5. The molecule has 0 heterocycles. The third-order valence-electron chi connectivity index (χ3n) is 2.80. The first-order valence-corrected chi connectivity index (χ1v) is 8.56. The van der Waals surface area contributed by atoms with Gasteiger partial charge >= 0.3 is 5.97 Å². The third-order valence-corrected chi connectivity index (χ3v) is 6.03. The van der Waals surface area contributed by atoms with Crippen molar-refractivity contribution >= 4 is 50.8 Å². The predicted octanol–water partition coefficient (Wildman–Crippen LogP) is 3.52. The molecule has 0 bridgehead atoms. The number of carbonyl (C=O) groups is 1. The molecule has 0 saturated heterocycles. The molecule has 0 aliphatic carbocycles. The molecule has 0 aliphatic heterocycles. The molecule has 9 heteroatoms. The lowest BCUT2D eigenvalue weighted by Gasteiger charge is -2.27. The molecule has 1 atom stereocenters. The van der Waals surface area contributed by atoms with Gasteiger partial charge in [-0.2, -0.15) is 4.31 Å². The lowest BCUT2D eigenvalue weighted by Crippen LogP contribution is -2.39. The average molecular weight is 375 g/mol. The molecular formula is C12H14Cl3NO4S. The number of halogens is 3. The van der Waals surface area contributed by atoms with Crippen LogP contribution in [0.15, 0.2) is 17.0 Å². The van der Waals surface area contributed by atoms with Gasteiger partial charge in [-0.1, -0.05) is 41.7 Å². The van der Waals surface area contributed by atoms with E-state index in [1.165, 1.54) is 19.1 Å². The summed E-state index contributed by atoms with van der Waals surface area (Å²) in [4.78, 5) is 10.5. The summed E-state index contributed by atoms with van der Waals surface area (Å²) in [7, 11) is -4.03. The minimum Gasteiger partial charge on any atom is -0.481 e. The first-order valence-electron chi connectivity index (χ1n) is 5.99. The topological polar surface area (TPSA) is 74.7 Å². The predicted molar refractivity (Wildman–Crippen MR) is 82.8 cm³/mol. The molecule has 1 rings (SSSR count). The van der Waals surface area contributed by atoms with Gasteiger partial charge in [-0.15, -0.1) is 0 Å². The molecule has 0 fully saturated rings. The molecule has 118 valence electrons. The molecule has 21 heavy (non-hydrogen) atoms. The van der Waals surface area contributed by atoms with E-state index in [0.717, 1.165) is 4.31 Å². The molecule has 0 amide bonds. The van der Waals surface area contributed by atoms with Crippen molar-refractivity contribution in [2.45, 2.75) is 31.2 Å². The van der Waals surface area contributed by atoms with Crippen molar-refractivity contribution in [3.8, 4) is 0 Å². The molecule has 5 nitrogen and oxygen atoms in total. The van der Waals surface area contributed by atoms with E-state index in [1.807, 2.05) is 0 Å². The zero-order chi connectivity index (χ0) is 16.4. The minimum absolute atomic E-state index is 0.0893. The highest BCUT2D eigenvalue weighted by Gasteiger charge is 2.32. The fourth-order valence-electron chi connectivity index (χ4n) is 1.97. The molecule has 0 aromatic heterocycles. The van der Waals surface area contributed by atoms with Gasteiger partial charge in [0.05, 0.1) is 16.5 Å². The maximum absolute atomic E-state index is 12.7. The first-order chi connectivity index (χ1) is 9.61. The van der Waals surface area contributed by atoms with E-state index < -0.39 is 22.0 Å². The number of aliphatic carboxylic acids is 1. The molecule has 1 aromatic rings. The Kier molecular flexibility index (Phi) is 6.31. The van der Waals surface area contributed by atoms with E-state index >= 15 is 0 Å². The van der Waals surface area contributed by atoms with Gasteiger partial charge in [-0.3, -0.25) is 4.79 Å². The van der Waals surface area contributed by atoms with Crippen LogP contribution in [0, 0.1) is 0 Å². The summed E-state index contributed by atoms with van der Waals surface area (Å²) < 4.78 is 26.4. The first kappa shape index (κ1) is 18.5. The second-order valence-corrected chi connectivity index (χ2v) is 7.43. The third kappa shape index (κ3) is 4.23. The summed E-state index contributed by atoms with van der Waals surface area (Å²) in [5.74, 6) is -1.09. The number of carboxylic acid groups (broad SMARTS) is 1.